The molecule has 1 aliphatic heterocycles. The Kier molecular flexibility index (Phi) is 4.11. The standard InChI is InChI=1S/C13H18N4O/c1-9-10(2)16-17-13(12(9)8-14)15-6-5-11-4-3-7-18-11/h11H,3-7H2,1-2H3,(H,15,17). The van der Waals surface area contributed by atoms with Crippen LogP contribution in [0, 0.1) is 25.2 Å². The Balaban J connectivity index is 1.96. The number of nitriles is 1. The first kappa shape index (κ1) is 12.8. The van der Waals surface area contributed by atoms with Crippen LogP contribution in [0.25, 0.3) is 0 Å². The van der Waals surface area contributed by atoms with Gasteiger partial charge < -0.3 is 10.1 Å². The number of ether oxygens (including phenoxy) is 1. The maximum Gasteiger partial charge on any atom is 0.166 e. The van der Waals surface area contributed by atoms with Crippen LogP contribution in [0.2, 0.25) is 0 Å². The van der Waals surface area contributed by atoms with E-state index in [1.807, 2.05) is 13.8 Å². The second-order valence-electron chi connectivity index (χ2n) is 4.60. The van der Waals surface area contributed by atoms with Gasteiger partial charge in [-0.25, -0.2) is 0 Å². The van der Waals surface area contributed by atoms with Gasteiger partial charge >= 0.3 is 0 Å². The average Bonchev–Trinajstić information content (AvgIpc) is 2.87. The summed E-state index contributed by atoms with van der Waals surface area (Å²) in [5, 5.41) is 20.4. The number of hydrogen-bond acceptors (Lipinski definition) is 5. The Bertz CT molecular complexity index is 461. The highest BCUT2D eigenvalue weighted by molar-refractivity contribution is 5.55. The molecule has 1 fully saturated rings. The van der Waals surface area contributed by atoms with Gasteiger partial charge in [-0.05, 0) is 38.7 Å². The molecule has 1 unspecified atom stereocenters. The minimum absolute atomic E-state index is 0.350. The van der Waals surface area contributed by atoms with Crippen LogP contribution in [0.15, 0.2) is 0 Å². The second-order valence-corrected chi connectivity index (χ2v) is 4.60. The van der Waals surface area contributed by atoms with Crippen LogP contribution in [-0.4, -0.2) is 29.5 Å². The van der Waals surface area contributed by atoms with E-state index >= 15 is 0 Å². The number of nitrogens with zero attached hydrogens (tertiary/aromatic N) is 3. The molecule has 1 N–H and O–H groups in total. The summed E-state index contributed by atoms with van der Waals surface area (Å²) < 4.78 is 5.55. The number of anilines is 1. The van der Waals surface area contributed by atoms with Gasteiger partial charge in [0, 0.05) is 13.2 Å². The molecular formula is C13H18N4O. The summed E-state index contributed by atoms with van der Waals surface area (Å²) in [7, 11) is 0. The van der Waals surface area contributed by atoms with Crippen molar-refractivity contribution in [1.82, 2.24) is 10.2 Å². The van der Waals surface area contributed by atoms with E-state index < -0.39 is 0 Å². The molecule has 1 aliphatic rings. The van der Waals surface area contributed by atoms with Crippen LogP contribution >= 0.6 is 0 Å². The fourth-order valence-electron chi connectivity index (χ4n) is 2.09. The van der Waals surface area contributed by atoms with Crippen LogP contribution in [0.3, 0.4) is 0 Å². The maximum absolute atomic E-state index is 9.15. The molecule has 5 nitrogen and oxygen atoms in total. The number of aryl methyl sites for hydroxylation is 1. The van der Waals surface area contributed by atoms with Gasteiger partial charge in [0.2, 0.25) is 0 Å². The van der Waals surface area contributed by atoms with E-state index in [1.165, 1.54) is 0 Å². The molecule has 0 bridgehead atoms. The zero-order valence-electron chi connectivity index (χ0n) is 10.9. The molecule has 0 aromatic carbocycles. The number of rotatable bonds is 4. The molecule has 18 heavy (non-hydrogen) atoms. The van der Waals surface area contributed by atoms with Gasteiger partial charge in [-0.15, -0.1) is 5.10 Å². The Labute approximate surface area is 107 Å². The largest absolute Gasteiger partial charge is 0.378 e. The summed E-state index contributed by atoms with van der Waals surface area (Å²) in [5.74, 6) is 0.582. The van der Waals surface area contributed by atoms with Crippen molar-refractivity contribution in [3.8, 4) is 6.07 Å². The summed E-state index contributed by atoms with van der Waals surface area (Å²) in [6, 6.07) is 2.19. The van der Waals surface area contributed by atoms with Gasteiger partial charge in [-0.1, -0.05) is 0 Å². The summed E-state index contributed by atoms with van der Waals surface area (Å²) >= 11 is 0. The molecule has 1 aromatic rings. The molecule has 1 saturated heterocycles. The van der Waals surface area contributed by atoms with E-state index in [1.54, 1.807) is 0 Å². The van der Waals surface area contributed by atoms with E-state index in [0.29, 0.717) is 17.5 Å². The predicted octanol–water partition coefficient (Wildman–Crippen LogP) is 1.95. The quantitative estimate of drug-likeness (QED) is 0.879. The van der Waals surface area contributed by atoms with Crippen molar-refractivity contribution < 1.29 is 4.74 Å². The first-order chi connectivity index (χ1) is 8.72. The van der Waals surface area contributed by atoms with Crippen molar-refractivity contribution in [1.29, 1.82) is 5.26 Å². The van der Waals surface area contributed by atoms with Gasteiger partial charge in [0.1, 0.15) is 11.6 Å². The van der Waals surface area contributed by atoms with Crippen molar-refractivity contribution in [2.75, 3.05) is 18.5 Å². The van der Waals surface area contributed by atoms with Crippen LogP contribution in [0.1, 0.15) is 36.1 Å². The minimum atomic E-state index is 0.350. The Morgan fingerprint density at radius 3 is 2.94 bits per heavy atom. The van der Waals surface area contributed by atoms with Crippen molar-refractivity contribution in [3.05, 3.63) is 16.8 Å². The molecule has 0 radical (unpaired) electrons. The van der Waals surface area contributed by atoms with Crippen LogP contribution in [0.4, 0.5) is 5.82 Å². The first-order valence-corrected chi connectivity index (χ1v) is 6.32. The molecule has 5 heteroatoms. The molecule has 0 amide bonds. The Morgan fingerprint density at radius 2 is 2.28 bits per heavy atom. The smallest absolute Gasteiger partial charge is 0.166 e. The highest BCUT2D eigenvalue weighted by Gasteiger charge is 2.15. The second kappa shape index (κ2) is 5.78. The third kappa shape index (κ3) is 2.77. The highest BCUT2D eigenvalue weighted by atomic mass is 16.5. The van der Waals surface area contributed by atoms with Crippen LogP contribution < -0.4 is 5.32 Å². The number of hydrogen-bond donors (Lipinski definition) is 1. The zero-order chi connectivity index (χ0) is 13.0. The normalized spacial score (nSPS) is 18.6. The van der Waals surface area contributed by atoms with E-state index in [0.717, 1.165) is 43.7 Å². The molecule has 96 valence electrons. The van der Waals surface area contributed by atoms with Gasteiger partial charge in [0.05, 0.1) is 11.8 Å². The third-order valence-electron chi connectivity index (χ3n) is 3.35. The molecule has 2 rings (SSSR count). The fourth-order valence-corrected chi connectivity index (χ4v) is 2.09. The van der Waals surface area contributed by atoms with Gasteiger partial charge in [0.25, 0.3) is 0 Å². The summed E-state index contributed by atoms with van der Waals surface area (Å²) in [5.41, 5.74) is 2.29. The predicted molar refractivity (Wildman–Crippen MR) is 68.3 cm³/mol. The van der Waals surface area contributed by atoms with Crippen molar-refractivity contribution >= 4 is 5.82 Å². The lowest BCUT2D eigenvalue weighted by atomic mass is 10.1. The van der Waals surface area contributed by atoms with Gasteiger partial charge in [0.15, 0.2) is 5.82 Å². The summed E-state index contributed by atoms with van der Waals surface area (Å²) in [6.07, 6.45) is 3.57. The van der Waals surface area contributed by atoms with Gasteiger partial charge in [-0.2, -0.15) is 10.4 Å². The fraction of sp³-hybridized carbons (Fsp3) is 0.615. The third-order valence-corrected chi connectivity index (χ3v) is 3.35. The lowest BCUT2D eigenvalue weighted by Crippen LogP contribution is -2.14. The average molecular weight is 246 g/mol. The lowest BCUT2D eigenvalue weighted by molar-refractivity contribution is 0.107. The Morgan fingerprint density at radius 1 is 1.44 bits per heavy atom. The first-order valence-electron chi connectivity index (χ1n) is 6.32. The lowest BCUT2D eigenvalue weighted by Gasteiger charge is -2.12. The molecule has 0 saturated carbocycles. The van der Waals surface area contributed by atoms with E-state index in [4.69, 9.17) is 10.00 Å². The van der Waals surface area contributed by atoms with E-state index in [9.17, 15) is 0 Å². The van der Waals surface area contributed by atoms with Crippen molar-refractivity contribution in [2.45, 2.75) is 39.2 Å². The van der Waals surface area contributed by atoms with Crippen molar-refractivity contribution in [2.24, 2.45) is 0 Å². The molecule has 2 heterocycles. The Hall–Kier alpha value is -1.67. The molecule has 1 aromatic heterocycles. The SMILES string of the molecule is Cc1nnc(NCCC2CCCO2)c(C#N)c1C. The number of aromatic nitrogens is 2. The van der Waals surface area contributed by atoms with Gasteiger partial charge in [-0.3, -0.25) is 0 Å². The number of nitrogens with one attached hydrogen (secondary N) is 1. The van der Waals surface area contributed by atoms with E-state index in [2.05, 4.69) is 21.6 Å². The topological polar surface area (TPSA) is 70.8 Å². The molecule has 0 aliphatic carbocycles. The minimum Gasteiger partial charge on any atom is -0.378 e. The molecule has 0 spiro atoms. The van der Waals surface area contributed by atoms with Crippen LogP contribution in [0.5, 0.6) is 0 Å². The van der Waals surface area contributed by atoms with E-state index in [-0.39, 0.29) is 0 Å². The highest BCUT2D eigenvalue weighted by Crippen LogP contribution is 2.18. The zero-order valence-corrected chi connectivity index (χ0v) is 10.9. The summed E-state index contributed by atoms with van der Waals surface area (Å²) in [4.78, 5) is 0. The maximum atomic E-state index is 9.15. The monoisotopic (exact) mass is 246 g/mol. The molecule has 1 atom stereocenters. The molecular weight excluding hydrogens is 228 g/mol. The summed E-state index contributed by atoms with van der Waals surface area (Å²) in [6.45, 7) is 5.39. The van der Waals surface area contributed by atoms with Crippen molar-refractivity contribution in [3.63, 3.8) is 0 Å². The van der Waals surface area contributed by atoms with Crippen LogP contribution in [-0.2, 0) is 4.74 Å².